The summed E-state index contributed by atoms with van der Waals surface area (Å²) in [4.78, 5) is 13.2. The van der Waals surface area contributed by atoms with Gasteiger partial charge in [-0.25, -0.2) is 0 Å². The van der Waals surface area contributed by atoms with Crippen LogP contribution in [0.5, 0.6) is 0 Å². The third-order valence-electron chi connectivity index (χ3n) is 3.98. The van der Waals surface area contributed by atoms with E-state index in [2.05, 4.69) is 18.7 Å². The molecule has 0 radical (unpaired) electrons. The van der Waals surface area contributed by atoms with Crippen LogP contribution in [0.3, 0.4) is 0 Å². The fraction of sp³-hybridized carbons (Fsp3) is 0.929. The van der Waals surface area contributed by atoms with Gasteiger partial charge >= 0.3 is 5.97 Å². The molecule has 0 saturated carbocycles. The summed E-state index contributed by atoms with van der Waals surface area (Å²) in [5.74, 6) is 0.207. The van der Waals surface area contributed by atoms with Gasteiger partial charge < -0.3 is 5.11 Å². The predicted molar refractivity (Wildman–Crippen MR) is 70.2 cm³/mol. The van der Waals surface area contributed by atoms with E-state index in [9.17, 15) is 4.79 Å². The van der Waals surface area contributed by atoms with Crippen molar-refractivity contribution < 1.29 is 9.90 Å². The Labute approximate surface area is 105 Å². The van der Waals surface area contributed by atoms with Crippen LogP contribution in [0.15, 0.2) is 0 Å². The van der Waals surface area contributed by atoms with Crippen molar-refractivity contribution in [3.05, 3.63) is 0 Å². The van der Waals surface area contributed by atoms with Crippen molar-refractivity contribution in [2.24, 2.45) is 5.92 Å². The second-order valence-electron chi connectivity index (χ2n) is 5.28. The molecule has 0 aromatic rings. The highest BCUT2D eigenvalue weighted by molar-refractivity contribution is 5.67. The normalized spacial score (nSPS) is 24.2. The van der Waals surface area contributed by atoms with Crippen LogP contribution in [0.2, 0.25) is 0 Å². The monoisotopic (exact) mass is 241 g/mol. The first-order valence-electron chi connectivity index (χ1n) is 7.13. The van der Waals surface area contributed by atoms with Crippen molar-refractivity contribution in [3.63, 3.8) is 0 Å². The number of hydrogen-bond acceptors (Lipinski definition) is 2. The fourth-order valence-corrected chi connectivity index (χ4v) is 2.98. The highest BCUT2D eigenvalue weighted by atomic mass is 16.4. The van der Waals surface area contributed by atoms with Crippen LogP contribution in [0.1, 0.15) is 58.8 Å². The predicted octanol–water partition coefficient (Wildman–Crippen LogP) is 3.14. The van der Waals surface area contributed by atoms with E-state index in [1.165, 1.54) is 32.1 Å². The molecule has 2 unspecified atom stereocenters. The van der Waals surface area contributed by atoms with Gasteiger partial charge in [-0.1, -0.05) is 26.7 Å². The number of rotatable bonds is 6. The number of likely N-dealkylation sites (tertiary alicyclic amines) is 1. The molecule has 1 rings (SSSR count). The molecule has 0 amide bonds. The number of hydrogen-bond donors (Lipinski definition) is 1. The molecule has 0 aromatic heterocycles. The van der Waals surface area contributed by atoms with E-state index in [4.69, 9.17) is 5.11 Å². The van der Waals surface area contributed by atoms with E-state index in [0.717, 1.165) is 25.4 Å². The summed E-state index contributed by atoms with van der Waals surface area (Å²) in [7, 11) is 0. The van der Waals surface area contributed by atoms with Crippen LogP contribution in [0.4, 0.5) is 0 Å². The number of carboxylic acid groups (broad SMARTS) is 1. The van der Waals surface area contributed by atoms with Gasteiger partial charge in [0.25, 0.3) is 0 Å². The molecule has 1 aliphatic heterocycles. The topological polar surface area (TPSA) is 40.5 Å². The van der Waals surface area contributed by atoms with E-state index >= 15 is 0 Å². The highest BCUT2D eigenvalue weighted by Crippen LogP contribution is 2.24. The number of aliphatic carboxylic acids is 1. The molecule has 3 heteroatoms. The summed E-state index contributed by atoms with van der Waals surface area (Å²) in [5, 5.41) is 8.93. The van der Waals surface area contributed by atoms with Crippen LogP contribution in [-0.4, -0.2) is 35.1 Å². The Morgan fingerprint density at radius 2 is 2.12 bits per heavy atom. The SMILES string of the molecule is CCCC1CCCN(C(CC)CC(=O)O)CC1. The molecule has 3 nitrogen and oxygen atoms in total. The molecular formula is C14H27NO2. The lowest BCUT2D eigenvalue weighted by atomic mass is 9.96. The van der Waals surface area contributed by atoms with E-state index < -0.39 is 5.97 Å². The number of carboxylic acids is 1. The van der Waals surface area contributed by atoms with Crippen LogP contribution >= 0.6 is 0 Å². The largest absolute Gasteiger partial charge is 0.481 e. The maximum Gasteiger partial charge on any atom is 0.304 e. The van der Waals surface area contributed by atoms with Gasteiger partial charge in [0.2, 0.25) is 0 Å². The Morgan fingerprint density at radius 3 is 2.71 bits per heavy atom. The Bertz CT molecular complexity index is 230. The Balaban J connectivity index is 2.45. The molecule has 0 bridgehead atoms. The first-order valence-corrected chi connectivity index (χ1v) is 7.13. The van der Waals surface area contributed by atoms with Crippen molar-refractivity contribution in [2.75, 3.05) is 13.1 Å². The van der Waals surface area contributed by atoms with Gasteiger partial charge in [0.15, 0.2) is 0 Å². The quantitative estimate of drug-likeness (QED) is 0.776. The molecule has 17 heavy (non-hydrogen) atoms. The Morgan fingerprint density at radius 1 is 1.35 bits per heavy atom. The van der Waals surface area contributed by atoms with Crippen molar-refractivity contribution in [3.8, 4) is 0 Å². The van der Waals surface area contributed by atoms with Crippen molar-refractivity contribution in [2.45, 2.75) is 64.8 Å². The Hall–Kier alpha value is -0.570. The molecule has 1 fully saturated rings. The van der Waals surface area contributed by atoms with E-state index in [-0.39, 0.29) is 6.04 Å². The third-order valence-corrected chi connectivity index (χ3v) is 3.98. The molecular weight excluding hydrogens is 214 g/mol. The maximum absolute atomic E-state index is 10.8. The summed E-state index contributed by atoms with van der Waals surface area (Å²) in [6.45, 7) is 6.53. The average Bonchev–Trinajstić information content (AvgIpc) is 2.52. The van der Waals surface area contributed by atoms with E-state index in [1.54, 1.807) is 0 Å². The third kappa shape index (κ3) is 5.07. The van der Waals surface area contributed by atoms with Gasteiger partial charge in [-0.2, -0.15) is 0 Å². The lowest BCUT2D eigenvalue weighted by molar-refractivity contribution is -0.138. The average molecular weight is 241 g/mol. The smallest absolute Gasteiger partial charge is 0.304 e. The Kier molecular flexibility index (Phi) is 6.56. The zero-order chi connectivity index (χ0) is 12.7. The van der Waals surface area contributed by atoms with Crippen LogP contribution in [0.25, 0.3) is 0 Å². The fourth-order valence-electron chi connectivity index (χ4n) is 2.98. The minimum absolute atomic E-state index is 0.243. The van der Waals surface area contributed by atoms with Gasteiger partial charge in [0, 0.05) is 6.04 Å². The molecule has 1 saturated heterocycles. The van der Waals surface area contributed by atoms with Crippen LogP contribution in [0, 0.1) is 5.92 Å². The first-order chi connectivity index (χ1) is 8.17. The number of nitrogens with zero attached hydrogens (tertiary/aromatic N) is 1. The highest BCUT2D eigenvalue weighted by Gasteiger charge is 2.23. The first kappa shape index (κ1) is 14.5. The molecule has 0 aliphatic carbocycles. The van der Waals surface area contributed by atoms with Gasteiger partial charge in [0.1, 0.15) is 0 Å². The van der Waals surface area contributed by atoms with Crippen molar-refractivity contribution in [1.29, 1.82) is 0 Å². The molecule has 0 spiro atoms. The minimum Gasteiger partial charge on any atom is -0.481 e. The van der Waals surface area contributed by atoms with E-state index in [0.29, 0.717) is 6.42 Å². The summed E-state index contributed by atoms with van der Waals surface area (Å²) >= 11 is 0. The summed E-state index contributed by atoms with van der Waals surface area (Å²) < 4.78 is 0. The summed E-state index contributed by atoms with van der Waals surface area (Å²) in [6.07, 6.45) is 7.68. The molecule has 1 aliphatic rings. The second kappa shape index (κ2) is 7.70. The van der Waals surface area contributed by atoms with Crippen LogP contribution < -0.4 is 0 Å². The van der Waals surface area contributed by atoms with E-state index in [1.807, 2.05) is 0 Å². The second-order valence-corrected chi connectivity index (χ2v) is 5.28. The van der Waals surface area contributed by atoms with Crippen molar-refractivity contribution >= 4 is 5.97 Å². The van der Waals surface area contributed by atoms with Crippen molar-refractivity contribution in [1.82, 2.24) is 4.90 Å². The molecule has 1 heterocycles. The lowest BCUT2D eigenvalue weighted by Crippen LogP contribution is -2.37. The zero-order valence-electron chi connectivity index (χ0n) is 11.3. The molecule has 2 atom stereocenters. The zero-order valence-corrected chi connectivity index (χ0v) is 11.3. The van der Waals surface area contributed by atoms with Gasteiger partial charge in [-0.05, 0) is 44.7 Å². The standard InChI is InChI=1S/C14H27NO2/c1-3-6-12-7-5-9-15(10-8-12)13(4-2)11-14(16)17/h12-13H,3-11H2,1-2H3,(H,16,17). The van der Waals surface area contributed by atoms with Gasteiger partial charge in [0.05, 0.1) is 6.42 Å². The summed E-state index contributed by atoms with van der Waals surface area (Å²) in [6, 6.07) is 0.243. The molecule has 1 N–H and O–H groups in total. The maximum atomic E-state index is 10.8. The molecule has 0 aromatic carbocycles. The van der Waals surface area contributed by atoms with Gasteiger partial charge in [-0.3, -0.25) is 9.69 Å². The molecule has 100 valence electrons. The van der Waals surface area contributed by atoms with Gasteiger partial charge in [-0.15, -0.1) is 0 Å². The minimum atomic E-state index is -0.661. The summed E-state index contributed by atoms with van der Waals surface area (Å²) in [5.41, 5.74) is 0. The lowest BCUT2D eigenvalue weighted by Gasteiger charge is -2.28. The number of carbonyl (C=O) groups is 1. The van der Waals surface area contributed by atoms with Crippen LogP contribution in [-0.2, 0) is 4.79 Å².